The molecule has 1 aliphatic heterocycles. The summed E-state index contributed by atoms with van der Waals surface area (Å²) in [4.78, 5) is 23.4. The van der Waals surface area contributed by atoms with E-state index in [-0.39, 0.29) is 13.2 Å². The van der Waals surface area contributed by atoms with Gasteiger partial charge >= 0.3 is 11.8 Å². The molecule has 0 bridgehead atoms. The van der Waals surface area contributed by atoms with Gasteiger partial charge in [0.2, 0.25) is 0 Å². The Hall–Kier alpha value is -2.12. The maximum Gasteiger partial charge on any atom is 0.313 e. The van der Waals surface area contributed by atoms with Crippen LogP contribution < -0.4 is 15.4 Å². The lowest BCUT2D eigenvalue weighted by Crippen LogP contribution is -2.46. The maximum absolute atomic E-state index is 11.7. The van der Waals surface area contributed by atoms with Gasteiger partial charge in [-0.25, -0.2) is 0 Å². The number of hydrogen-bond donors (Lipinski definition) is 3. The van der Waals surface area contributed by atoms with Crippen LogP contribution in [0, 0.1) is 0 Å². The number of carbonyl (C=O) groups excluding carboxylic acids is 2. The molecule has 114 valence electrons. The van der Waals surface area contributed by atoms with Gasteiger partial charge in [0.25, 0.3) is 0 Å². The van der Waals surface area contributed by atoms with Gasteiger partial charge in [0, 0.05) is 31.3 Å². The molecule has 1 aliphatic rings. The van der Waals surface area contributed by atoms with Gasteiger partial charge < -0.3 is 25.2 Å². The van der Waals surface area contributed by atoms with Crippen molar-refractivity contribution in [3.63, 3.8) is 0 Å². The molecular weight excluding hydrogens is 276 g/mol. The predicted octanol–water partition coefficient (Wildman–Crippen LogP) is -0.0987. The molecular formula is C14H18N2O5. The van der Waals surface area contributed by atoms with Gasteiger partial charge in [-0.3, -0.25) is 9.59 Å². The lowest BCUT2D eigenvalue weighted by molar-refractivity contribution is -0.136. The van der Waals surface area contributed by atoms with Crippen molar-refractivity contribution >= 4 is 17.5 Å². The van der Waals surface area contributed by atoms with Crippen LogP contribution in [0.2, 0.25) is 0 Å². The van der Waals surface area contributed by atoms with Crippen LogP contribution in [0.15, 0.2) is 24.3 Å². The van der Waals surface area contributed by atoms with Crippen LogP contribution in [0.1, 0.15) is 6.42 Å². The molecule has 1 fully saturated rings. The topological polar surface area (TPSA) is 96.9 Å². The fraction of sp³-hybridized carbons (Fsp3) is 0.429. The standard InChI is InChI=1S/C14H18N2O5/c1-20-11-4-2-3-10(7-11)16-13(18)12(17)15-8-14(19)5-6-21-9-14/h2-4,7,19H,5-6,8-9H2,1H3,(H,15,17)(H,16,18)/t14-/m0/s1. The summed E-state index contributed by atoms with van der Waals surface area (Å²) in [6.45, 7) is 0.588. The van der Waals surface area contributed by atoms with E-state index in [1.165, 1.54) is 7.11 Å². The first-order chi connectivity index (χ1) is 10.0. The summed E-state index contributed by atoms with van der Waals surface area (Å²) in [5.41, 5.74) is -0.635. The largest absolute Gasteiger partial charge is 0.497 e. The molecule has 0 aliphatic carbocycles. The van der Waals surface area contributed by atoms with E-state index in [9.17, 15) is 14.7 Å². The van der Waals surface area contributed by atoms with Crippen LogP contribution >= 0.6 is 0 Å². The van der Waals surface area contributed by atoms with Gasteiger partial charge in [-0.2, -0.15) is 0 Å². The average Bonchev–Trinajstić information content (AvgIpc) is 2.92. The number of aliphatic hydroxyl groups is 1. The van der Waals surface area contributed by atoms with E-state index in [1.54, 1.807) is 24.3 Å². The molecule has 0 unspecified atom stereocenters. The molecule has 1 atom stereocenters. The highest BCUT2D eigenvalue weighted by Gasteiger charge is 2.33. The molecule has 1 aromatic carbocycles. The quantitative estimate of drug-likeness (QED) is 0.674. The van der Waals surface area contributed by atoms with Crippen molar-refractivity contribution in [1.29, 1.82) is 0 Å². The second-order valence-electron chi connectivity index (χ2n) is 4.90. The third-order valence-corrected chi connectivity index (χ3v) is 3.19. The van der Waals surface area contributed by atoms with Crippen LogP contribution in [-0.2, 0) is 14.3 Å². The summed E-state index contributed by atoms with van der Waals surface area (Å²) >= 11 is 0. The van der Waals surface area contributed by atoms with Crippen LogP contribution in [0.25, 0.3) is 0 Å². The van der Waals surface area contributed by atoms with E-state index in [4.69, 9.17) is 9.47 Å². The Balaban J connectivity index is 1.86. The Labute approximate surface area is 122 Å². The summed E-state index contributed by atoms with van der Waals surface area (Å²) in [6.07, 6.45) is 0.435. The second kappa shape index (κ2) is 6.55. The molecule has 0 aromatic heterocycles. The van der Waals surface area contributed by atoms with Gasteiger partial charge in [0.15, 0.2) is 0 Å². The number of carbonyl (C=O) groups is 2. The summed E-state index contributed by atoms with van der Waals surface area (Å²) in [5.74, 6) is -1.03. The zero-order chi connectivity index (χ0) is 15.3. The molecule has 1 saturated heterocycles. The number of amides is 2. The van der Waals surface area contributed by atoms with Crippen molar-refractivity contribution < 1.29 is 24.2 Å². The molecule has 1 aromatic rings. The average molecular weight is 294 g/mol. The molecule has 0 radical (unpaired) electrons. The highest BCUT2D eigenvalue weighted by atomic mass is 16.5. The first kappa shape index (κ1) is 15.3. The molecule has 0 spiro atoms. The Morgan fingerprint density at radius 2 is 2.24 bits per heavy atom. The number of anilines is 1. The first-order valence-electron chi connectivity index (χ1n) is 6.56. The van der Waals surface area contributed by atoms with E-state index < -0.39 is 17.4 Å². The first-order valence-corrected chi connectivity index (χ1v) is 6.56. The van der Waals surface area contributed by atoms with Crippen LogP contribution in [0.3, 0.4) is 0 Å². The summed E-state index contributed by atoms with van der Waals surface area (Å²) in [6, 6.07) is 6.67. The highest BCUT2D eigenvalue weighted by molar-refractivity contribution is 6.39. The minimum Gasteiger partial charge on any atom is -0.497 e. The van der Waals surface area contributed by atoms with E-state index in [1.807, 2.05) is 0 Å². The van der Waals surface area contributed by atoms with E-state index in [0.29, 0.717) is 24.5 Å². The van der Waals surface area contributed by atoms with Crippen LogP contribution in [0.4, 0.5) is 5.69 Å². The van der Waals surface area contributed by atoms with Crippen LogP contribution in [-0.4, -0.2) is 49.4 Å². The SMILES string of the molecule is COc1cccc(NC(=O)C(=O)NC[C@@]2(O)CCOC2)c1. The number of nitrogens with one attached hydrogen (secondary N) is 2. The van der Waals surface area contributed by atoms with E-state index in [2.05, 4.69) is 10.6 Å². The lowest BCUT2D eigenvalue weighted by atomic mass is 10.0. The predicted molar refractivity (Wildman–Crippen MR) is 75.0 cm³/mol. The molecule has 1 heterocycles. The molecule has 7 nitrogen and oxygen atoms in total. The van der Waals surface area contributed by atoms with Gasteiger partial charge in [-0.15, -0.1) is 0 Å². The van der Waals surface area contributed by atoms with Crippen molar-refractivity contribution in [3.05, 3.63) is 24.3 Å². The van der Waals surface area contributed by atoms with Gasteiger partial charge in [0.05, 0.1) is 13.7 Å². The summed E-state index contributed by atoms with van der Waals surface area (Å²) in [7, 11) is 1.51. The monoisotopic (exact) mass is 294 g/mol. The molecule has 0 saturated carbocycles. The van der Waals surface area contributed by atoms with E-state index in [0.717, 1.165) is 0 Å². The van der Waals surface area contributed by atoms with Crippen molar-refractivity contribution in [3.8, 4) is 5.75 Å². The fourth-order valence-corrected chi connectivity index (χ4v) is 1.95. The minimum atomic E-state index is -1.09. The smallest absolute Gasteiger partial charge is 0.313 e. The van der Waals surface area contributed by atoms with Crippen molar-refractivity contribution in [2.24, 2.45) is 0 Å². The Kier molecular flexibility index (Phi) is 4.77. The number of rotatable bonds is 4. The van der Waals surface area contributed by atoms with Gasteiger partial charge in [0.1, 0.15) is 11.4 Å². The normalized spacial score (nSPS) is 20.9. The summed E-state index contributed by atoms with van der Waals surface area (Å²) < 4.78 is 10.1. The van der Waals surface area contributed by atoms with Crippen LogP contribution in [0.5, 0.6) is 5.75 Å². The number of hydrogen-bond acceptors (Lipinski definition) is 5. The zero-order valence-electron chi connectivity index (χ0n) is 11.7. The van der Waals surface area contributed by atoms with Gasteiger partial charge in [-0.1, -0.05) is 6.07 Å². The lowest BCUT2D eigenvalue weighted by Gasteiger charge is -2.20. The number of ether oxygens (including phenoxy) is 2. The highest BCUT2D eigenvalue weighted by Crippen LogP contribution is 2.17. The fourth-order valence-electron chi connectivity index (χ4n) is 1.95. The van der Waals surface area contributed by atoms with E-state index >= 15 is 0 Å². The third kappa shape index (κ3) is 4.17. The molecule has 21 heavy (non-hydrogen) atoms. The molecule has 7 heteroatoms. The second-order valence-corrected chi connectivity index (χ2v) is 4.90. The third-order valence-electron chi connectivity index (χ3n) is 3.19. The van der Waals surface area contributed by atoms with Crippen molar-refractivity contribution in [2.45, 2.75) is 12.0 Å². The Morgan fingerprint density at radius 3 is 2.90 bits per heavy atom. The molecule has 2 rings (SSSR count). The molecule has 3 N–H and O–H groups in total. The zero-order valence-corrected chi connectivity index (χ0v) is 11.7. The number of methoxy groups -OCH3 is 1. The Morgan fingerprint density at radius 1 is 1.43 bits per heavy atom. The summed E-state index contributed by atoms with van der Waals surface area (Å²) in [5, 5.41) is 14.9. The van der Waals surface area contributed by atoms with Gasteiger partial charge in [-0.05, 0) is 12.1 Å². The van der Waals surface area contributed by atoms with Crippen molar-refractivity contribution in [2.75, 3.05) is 32.2 Å². The molecule has 2 amide bonds. The van der Waals surface area contributed by atoms with Crippen molar-refractivity contribution in [1.82, 2.24) is 5.32 Å². The number of benzene rings is 1. The minimum absolute atomic E-state index is 0.0165. The maximum atomic E-state index is 11.7. The Bertz CT molecular complexity index is 526.